The van der Waals surface area contributed by atoms with E-state index >= 15 is 0 Å². The Balaban J connectivity index is 1.84. The van der Waals surface area contributed by atoms with E-state index in [1.54, 1.807) is 7.11 Å². The van der Waals surface area contributed by atoms with Crippen LogP contribution in [0.2, 0.25) is 0 Å². The highest BCUT2D eigenvalue weighted by molar-refractivity contribution is 6.18. The van der Waals surface area contributed by atoms with E-state index in [1.165, 1.54) is 50.0 Å². The van der Waals surface area contributed by atoms with Gasteiger partial charge in [-0.1, -0.05) is 18.2 Å². The number of para-hydroxylation sites is 1. The number of hydrogen-bond donors (Lipinski definition) is 0. The summed E-state index contributed by atoms with van der Waals surface area (Å²) in [7, 11) is 6.11. The number of benzene rings is 3. The number of hydrogen-bond acceptors (Lipinski definition) is 3. The Bertz CT molecular complexity index is 1270. The van der Waals surface area contributed by atoms with E-state index in [0.29, 0.717) is 0 Å². The minimum atomic E-state index is 0.208. The first kappa shape index (κ1) is 17.9. The van der Waals surface area contributed by atoms with Crippen LogP contribution in [-0.4, -0.2) is 24.9 Å². The van der Waals surface area contributed by atoms with Gasteiger partial charge in [-0.3, -0.25) is 0 Å². The molecule has 0 aliphatic carbocycles. The van der Waals surface area contributed by atoms with E-state index in [2.05, 4.69) is 97.8 Å². The Morgan fingerprint density at radius 2 is 1.66 bits per heavy atom. The maximum Gasteiger partial charge on any atom is 0.124 e. The van der Waals surface area contributed by atoms with Gasteiger partial charge in [-0.2, -0.15) is 0 Å². The first-order valence-electron chi connectivity index (χ1n) is 10.1. The largest absolute Gasteiger partial charge is 0.496 e. The number of fused-ring (bicyclic) bond motifs is 5. The van der Waals surface area contributed by atoms with Crippen LogP contribution in [0.4, 0.5) is 17.1 Å². The van der Waals surface area contributed by atoms with Crippen LogP contribution in [-0.2, 0) is 7.05 Å². The summed E-state index contributed by atoms with van der Waals surface area (Å²) in [6.07, 6.45) is 0.208. The smallest absolute Gasteiger partial charge is 0.124 e. The summed E-state index contributed by atoms with van der Waals surface area (Å²) in [5, 5.41) is 2.64. The second-order valence-corrected chi connectivity index (χ2v) is 8.13. The van der Waals surface area contributed by atoms with Crippen LogP contribution in [0.1, 0.15) is 18.1 Å². The van der Waals surface area contributed by atoms with Gasteiger partial charge in [0.05, 0.1) is 24.0 Å². The third-order valence-corrected chi connectivity index (χ3v) is 6.53. The lowest BCUT2D eigenvalue weighted by Gasteiger charge is -2.29. The van der Waals surface area contributed by atoms with Gasteiger partial charge in [-0.15, -0.1) is 0 Å². The average molecular weight is 386 g/mol. The molecule has 4 aromatic rings. The maximum atomic E-state index is 5.66. The number of nitrogens with zero attached hydrogens (tertiary/aromatic N) is 3. The molecule has 1 aromatic heterocycles. The summed E-state index contributed by atoms with van der Waals surface area (Å²) in [6, 6.07) is 17.6. The predicted molar refractivity (Wildman–Crippen MR) is 123 cm³/mol. The molecule has 1 aliphatic rings. The Labute approximate surface area is 171 Å². The van der Waals surface area contributed by atoms with Crippen molar-refractivity contribution in [3.8, 4) is 5.75 Å². The van der Waals surface area contributed by atoms with E-state index in [9.17, 15) is 0 Å². The summed E-state index contributed by atoms with van der Waals surface area (Å²) >= 11 is 0. The monoisotopic (exact) mass is 385 g/mol. The standard InChI is InChI=1S/C25H27N3O/c1-15-13-22(16(2)23(14-15)29-6)28-17(3)26(4)25-21(28)12-11-20-24(25)18-9-7-8-10-19(18)27(20)5/h7-14,17H,1-6H3/t17-/m0/s1. The van der Waals surface area contributed by atoms with Gasteiger partial charge in [0.25, 0.3) is 0 Å². The predicted octanol–water partition coefficient (Wildman–Crippen LogP) is 5.89. The summed E-state index contributed by atoms with van der Waals surface area (Å²) in [5.74, 6) is 0.939. The van der Waals surface area contributed by atoms with Crippen LogP contribution in [0.5, 0.6) is 5.75 Å². The Kier molecular flexibility index (Phi) is 3.82. The maximum absolute atomic E-state index is 5.66. The van der Waals surface area contributed by atoms with Crippen molar-refractivity contribution in [1.29, 1.82) is 0 Å². The van der Waals surface area contributed by atoms with E-state index in [1.807, 2.05) is 0 Å². The lowest BCUT2D eigenvalue weighted by Crippen LogP contribution is -2.36. The van der Waals surface area contributed by atoms with Crippen LogP contribution in [0.3, 0.4) is 0 Å². The molecule has 1 atom stereocenters. The van der Waals surface area contributed by atoms with Crippen molar-refractivity contribution >= 4 is 38.9 Å². The highest BCUT2D eigenvalue weighted by atomic mass is 16.5. The van der Waals surface area contributed by atoms with Gasteiger partial charge in [0.2, 0.25) is 0 Å². The van der Waals surface area contributed by atoms with Crippen LogP contribution in [0.25, 0.3) is 21.8 Å². The number of ether oxygens (including phenoxy) is 1. The summed E-state index contributed by atoms with van der Waals surface area (Å²) in [5.41, 5.74) is 8.67. The van der Waals surface area contributed by atoms with Crippen molar-refractivity contribution in [3.63, 3.8) is 0 Å². The summed E-state index contributed by atoms with van der Waals surface area (Å²) < 4.78 is 7.96. The second kappa shape index (κ2) is 6.18. The minimum Gasteiger partial charge on any atom is -0.496 e. The van der Waals surface area contributed by atoms with Crippen molar-refractivity contribution in [3.05, 3.63) is 59.7 Å². The van der Waals surface area contributed by atoms with E-state index in [4.69, 9.17) is 4.74 Å². The molecule has 0 saturated carbocycles. The molecule has 148 valence electrons. The van der Waals surface area contributed by atoms with Gasteiger partial charge in [0.15, 0.2) is 0 Å². The Morgan fingerprint density at radius 3 is 2.41 bits per heavy atom. The number of anilines is 3. The lowest BCUT2D eigenvalue weighted by atomic mass is 10.1. The molecule has 0 radical (unpaired) electrons. The lowest BCUT2D eigenvalue weighted by molar-refractivity contribution is 0.411. The van der Waals surface area contributed by atoms with E-state index in [0.717, 1.165) is 5.75 Å². The van der Waals surface area contributed by atoms with Crippen molar-refractivity contribution in [2.24, 2.45) is 7.05 Å². The molecular weight excluding hydrogens is 358 g/mol. The van der Waals surface area contributed by atoms with Crippen molar-refractivity contribution in [2.45, 2.75) is 26.9 Å². The van der Waals surface area contributed by atoms with Gasteiger partial charge in [-0.05, 0) is 56.7 Å². The van der Waals surface area contributed by atoms with Crippen LogP contribution >= 0.6 is 0 Å². The van der Waals surface area contributed by atoms with Crippen molar-refractivity contribution < 1.29 is 4.74 Å². The summed E-state index contributed by atoms with van der Waals surface area (Å²) in [4.78, 5) is 4.85. The fraction of sp³-hybridized carbons (Fsp3) is 0.280. The molecule has 0 fully saturated rings. The van der Waals surface area contributed by atoms with Gasteiger partial charge in [-0.25, -0.2) is 0 Å². The normalized spacial score (nSPS) is 16.1. The quantitative estimate of drug-likeness (QED) is 0.429. The van der Waals surface area contributed by atoms with Crippen molar-refractivity contribution in [1.82, 2.24) is 4.57 Å². The Morgan fingerprint density at radius 1 is 0.897 bits per heavy atom. The van der Waals surface area contributed by atoms with Crippen LogP contribution in [0, 0.1) is 13.8 Å². The fourth-order valence-electron chi connectivity index (χ4n) is 4.93. The third-order valence-electron chi connectivity index (χ3n) is 6.53. The first-order chi connectivity index (χ1) is 13.9. The highest BCUT2D eigenvalue weighted by Crippen LogP contribution is 2.50. The SMILES string of the molecule is COc1cc(C)cc(N2c3ccc4c(c3N(C)[C@@H]2C)c2ccccc2n4C)c1C. The van der Waals surface area contributed by atoms with Crippen molar-refractivity contribution in [2.75, 3.05) is 24.0 Å². The first-order valence-corrected chi connectivity index (χ1v) is 10.1. The van der Waals surface area contributed by atoms with Gasteiger partial charge in [0.1, 0.15) is 11.9 Å². The van der Waals surface area contributed by atoms with E-state index in [-0.39, 0.29) is 6.17 Å². The van der Waals surface area contributed by atoms with Gasteiger partial charge < -0.3 is 19.1 Å². The molecule has 0 amide bonds. The molecule has 5 rings (SSSR count). The zero-order chi connectivity index (χ0) is 20.4. The molecule has 0 bridgehead atoms. The molecule has 3 aromatic carbocycles. The third kappa shape index (κ3) is 2.32. The average Bonchev–Trinajstić information content (AvgIpc) is 3.15. The summed E-state index contributed by atoms with van der Waals surface area (Å²) in [6.45, 7) is 6.55. The molecule has 29 heavy (non-hydrogen) atoms. The molecule has 0 saturated heterocycles. The number of aromatic nitrogens is 1. The van der Waals surface area contributed by atoms with Gasteiger partial charge >= 0.3 is 0 Å². The topological polar surface area (TPSA) is 20.6 Å². The number of methoxy groups -OCH3 is 1. The second-order valence-electron chi connectivity index (χ2n) is 8.13. The van der Waals surface area contributed by atoms with Crippen LogP contribution in [0.15, 0.2) is 48.5 Å². The molecular formula is C25H27N3O. The van der Waals surface area contributed by atoms with Gasteiger partial charge in [0, 0.05) is 41.6 Å². The molecule has 1 aliphatic heterocycles. The Hall–Kier alpha value is -3.14. The van der Waals surface area contributed by atoms with Crippen LogP contribution < -0.4 is 14.5 Å². The highest BCUT2D eigenvalue weighted by Gasteiger charge is 2.35. The molecule has 0 spiro atoms. The minimum absolute atomic E-state index is 0.208. The zero-order valence-corrected chi connectivity index (χ0v) is 17.9. The molecule has 4 nitrogen and oxygen atoms in total. The fourth-order valence-corrected chi connectivity index (χ4v) is 4.93. The molecule has 0 N–H and O–H groups in total. The van der Waals surface area contributed by atoms with E-state index < -0.39 is 0 Å². The number of aryl methyl sites for hydroxylation is 2. The molecule has 2 heterocycles. The molecule has 0 unspecified atom stereocenters. The number of rotatable bonds is 2. The molecule has 4 heteroatoms. The zero-order valence-electron chi connectivity index (χ0n) is 17.9.